The molecular weight excluding hydrogens is 372 g/mol. The van der Waals surface area contributed by atoms with E-state index < -0.39 is 0 Å². The highest BCUT2D eigenvalue weighted by Gasteiger charge is 2.19. The van der Waals surface area contributed by atoms with E-state index in [4.69, 9.17) is 4.74 Å². The summed E-state index contributed by atoms with van der Waals surface area (Å²) in [5, 5.41) is 9.32. The fourth-order valence-corrected chi connectivity index (χ4v) is 4.10. The molecule has 2 aromatic rings. The largest absolute Gasteiger partial charge is 0.378 e. The molecule has 6 nitrogen and oxygen atoms in total. The van der Waals surface area contributed by atoms with E-state index in [0.717, 1.165) is 36.2 Å². The lowest BCUT2D eigenvalue weighted by Crippen LogP contribution is -2.37. The van der Waals surface area contributed by atoms with E-state index in [0.29, 0.717) is 19.0 Å². The summed E-state index contributed by atoms with van der Waals surface area (Å²) in [4.78, 5) is 14.7. The SMILES string of the molecule is CCCCCCc1ccc(C(=O)CSc2nnc(N3CCOCC3)n2C)cc1. The molecule has 28 heavy (non-hydrogen) atoms. The highest BCUT2D eigenvalue weighted by atomic mass is 32.2. The van der Waals surface area contributed by atoms with Crippen molar-refractivity contribution in [1.82, 2.24) is 14.8 Å². The van der Waals surface area contributed by atoms with Crippen LogP contribution in [0.25, 0.3) is 0 Å². The van der Waals surface area contributed by atoms with Crippen LogP contribution in [0.5, 0.6) is 0 Å². The molecule has 0 unspecified atom stereocenters. The Hall–Kier alpha value is -1.86. The molecule has 3 rings (SSSR count). The van der Waals surface area contributed by atoms with Gasteiger partial charge in [0.1, 0.15) is 0 Å². The number of thioether (sulfide) groups is 1. The molecule has 152 valence electrons. The summed E-state index contributed by atoms with van der Waals surface area (Å²) >= 11 is 1.44. The number of aryl methyl sites for hydroxylation is 1. The van der Waals surface area contributed by atoms with Crippen molar-refractivity contribution in [1.29, 1.82) is 0 Å². The Morgan fingerprint density at radius 1 is 1.11 bits per heavy atom. The van der Waals surface area contributed by atoms with Crippen LogP contribution in [-0.4, -0.2) is 52.6 Å². The minimum Gasteiger partial charge on any atom is -0.378 e. The van der Waals surface area contributed by atoms with Gasteiger partial charge in [-0.2, -0.15) is 0 Å². The van der Waals surface area contributed by atoms with E-state index in [1.807, 2.05) is 23.7 Å². The summed E-state index contributed by atoms with van der Waals surface area (Å²) in [6, 6.07) is 8.08. The van der Waals surface area contributed by atoms with Crippen LogP contribution in [0.4, 0.5) is 5.95 Å². The van der Waals surface area contributed by atoms with E-state index in [2.05, 4.69) is 34.2 Å². The standard InChI is InChI=1S/C21H30N4O2S/c1-3-4-5-6-7-17-8-10-18(11-9-17)19(26)16-28-21-23-22-20(24(21)2)25-12-14-27-15-13-25/h8-11H,3-7,12-16H2,1-2H3. The molecule has 1 fully saturated rings. The Balaban J connectivity index is 1.50. The first-order valence-electron chi connectivity index (χ1n) is 10.2. The number of anilines is 1. The number of unbranched alkanes of at least 4 members (excludes halogenated alkanes) is 3. The first-order chi connectivity index (χ1) is 13.7. The van der Waals surface area contributed by atoms with E-state index in [1.165, 1.54) is 43.0 Å². The molecule has 1 saturated heterocycles. The first-order valence-corrected chi connectivity index (χ1v) is 11.1. The van der Waals surface area contributed by atoms with Gasteiger partial charge in [0.2, 0.25) is 5.95 Å². The number of hydrogen-bond donors (Lipinski definition) is 0. The van der Waals surface area contributed by atoms with E-state index in [9.17, 15) is 4.79 Å². The second-order valence-corrected chi connectivity index (χ2v) is 8.10. The van der Waals surface area contributed by atoms with Gasteiger partial charge in [-0.25, -0.2) is 0 Å². The van der Waals surface area contributed by atoms with Crippen molar-refractivity contribution in [2.24, 2.45) is 7.05 Å². The number of Topliss-reactive ketones (excluding diaryl/α,β-unsaturated/α-hetero) is 1. The van der Waals surface area contributed by atoms with Gasteiger partial charge in [-0.15, -0.1) is 10.2 Å². The van der Waals surface area contributed by atoms with Crippen molar-refractivity contribution < 1.29 is 9.53 Å². The number of nitrogens with zero attached hydrogens (tertiary/aromatic N) is 4. The van der Waals surface area contributed by atoms with Gasteiger partial charge in [0.25, 0.3) is 0 Å². The van der Waals surface area contributed by atoms with Gasteiger partial charge in [-0.05, 0) is 18.4 Å². The molecule has 0 aliphatic carbocycles. The average Bonchev–Trinajstić information content (AvgIpc) is 3.11. The molecule has 1 aromatic carbocycles. The fraction of sp³-hybridized carbons (Fsp3) is 0.571. The predicted molar refractivity (Wildman–Crippen MR) is 113 cm³/mol. The zero-order valence-corrected chi connectivity index (χ0v) is 17.7. The predicted octanol–water partition coefficient (Wildman–Crippen LogP) is 3.75. The number of hydrogen-bond acceptors (Lipinski definition) is 6. The van der Waals surface area contributed by atoms with Crippen LogP contribution in [0.2, 0.25) is 0 Å². The molecule has 7 heteroatoms. The molecule has 1 aliphatic rings. The van der Waals surface area contributed by atoms with Crippen LogP contribution >= 0.6 is 11.8 Å². The van der Waals surface area contributed by atoms with E-state index in [-0.39, 0.29) is 5.78 Å². The number of ether oxygens (including phenoxy) is 1. The summed E-state index contributed by atoms with van der Waals surface area (Å²) in [5.41, 5.74) is 2.07. The molecule has 0 bridgehead atoms. The van der Waals surface area contributed by atoms with Crippen LogP contribution in [0.1, 0.15) is 48.5 Å². The Kier molecular flexibility index (Phi) is 7.91. The molecule has 0 saturated carbocycles. The molecule has 0 radical (unpaired) electrons. The Morgan fingerprint density at radius 3 is 2.57 bits per heavy atom. The number of carbonyl (C=O) groups excluding carboxylic acids is 1. The van der Waals surface area contributed by atoms with Crippen molar-refractivity contribution in [3.63, 3.8) is 0 Å². The van der Waals surface area contributed by atoms with Crippen molar-refractivity contribution in [2.45, 2.75) is 44.2 Å². The van der Waals surface area contributed by atoms with Crippen LogP contribution in [0, 0.1) is 0 Å². The summed E-state index contributed by atoms with van der Waals surface area (Å²) in [5.74, 6) is 1.33. The molecule has 0 atom stereocenters. The van der Waals surface area contributed by atoms with Crippen LogP contribution < -0.4 is 4.90 Å². The van der Waals surface area contributed by atoms with Gasteiger partial charge < -0.3 is 9.64 Å². The molecular formula is C21H30N4O2S. The van der Waals surface area contributed by atoms with Crippen LogP contribution in [0.15, 0.2) is 29.4 Å². The quantitative estimate of drug-likeness (QED) is 0.343. The second-order valence-electron chi connectivity index (χ2n) is 7.16. The normalized spacial score (nSPS) is 14.4. The third kappa shape index (κ3) is 5.58. The lowest BCUT2D eigenvalue weighted by molar-refractivity contribution is 0.102. The van der Waals surface area contributed by atoms with Gasteiger partial charge in [0.15, 0.2) is 10.9 Å². The first kappa shape index (κ1) is 20.9. The Morgan fingerprint density at radius 2 is 1.86 bits per heavy atom. The number of rotatable bonds is 10. The minimum atomic E-state index is 0.124. The Labute approximate surface area is 171 Å². The van der Waals surface area contributed by atoms with Gasteiger partial charge in [-0.3, -0.25) is 9.36 Å². The van der Waals surface area contributed by atoms with Crippen molar-refractivity contribution >= 4 is 23.5 Å². The molecule has 1 aliphatic heterocycles. The maximum atomic E-state index is 12.5. The van der Waals surface area contributed by atoms with E-state index in [1.54, 1.807) is 0 Å². The summed E-state index contributed by atoms with van der Waals surface area (Å²) in [6.45, 7) is 5.29. The van der Waals surface area contributed by atoms with Gasteiger partial charge >= 0.3 is 0 Å². The fourth-order valence-electron chi connectivity index (χ4n) is 3.30. The lowest BCUT2D eigenvalue weighted by atomic mass is 10.0. The Bertz CT molecular complexity index is 754. The van der Waals surface area contributed by atoms with Crippen LogP contribution in [0.3, 0.4) is 0 Å². The van der Waals surface area contributed by atoms with Crippen molar-refractivity contribution in [2.75, 3.05) is 37.0 Å². The maximum absolute atomic E-state index is 12.5. The van der Waals surface area contributed by atoms with Crippen molar-refractivity contribution in [3.8, 4) is 0 Å². The number of morpholine rings is 1. The number of carbonyl (C=O) groups is 1. The summed E-state index contributed by atoms with van der Waals surface area (Å²) < 4.78 is 7.35. The number of benzene rings is 1. The van der Waals surface area contributed by atoms with Gasteiger partial charge in [0, 0.05) is 25.7 Å². The minimum absolute atomic E-state index is 0.124. The maximum Gasteiger partial charge on any atom is 0.227 e. The zero-order valence-electron chi connectivity index (χ0n) is 16.9. The molecule has 1 aromatic heterocycles. The molecule has 0 spiro atoms. The third-order valence-electron chi connectivity index (χ3n) is 5.03. The van der Waals surface area contributed by atoms with Crippen LogP contribution in [-0.2, 0) is 18.2 Å². The monoisotopic (exact) mass is 402 g/mol. The highest BCUT2D eigenvalue weighted by molar-refractivity contribution is 7.99. The highest BCUT2D eigenvalue weighted by Crippen LogP contribution is 2.22. The molecule has 0 N–H and O–H groups in total. The third-order valence-corrected chi connectivity index (χ3v) is 6.05. The summed E-state index contributed by atoms with van der Waals surface area (Å²) in [6.07, 6.45) is 6.13. The zero-order chi connectivity index (χ0) is 19.8. The topological polar surface area (TPSA) is 60.3 Å². The number of ketones is 1. The smallest absolute Gasteiger partial charge is 0.227 e. The van der Waals surface area contributed by atoms with Gasteiger partial charge in [0.05, 0.1) is 19.0 Å². The number of aromatic nitrogens is 3. The molecule has 0 amide bonds. The second kappa shape index (κ2) is 10.6. The van der Waals surface area contributed by atoms with Crippen molar-refractivity contribution in [3.05, 3.63) is 35.4 Å². The summed E-state index contributed by atoms with van der Waals surface area (Å²) in [7, 11) is 1.95. The van der Waals surface area contributed by atoms with Gasteiger partial charge in [-0.1, -0.05) is 62.2 Å². The lowest BCUT2D eigenvalue weighted by Gasteiger charge is -2.27. The molecule has 2 heterocycles. The van der Waals surface area contributed by atoms with E-state index >= 15 is 0 Å². The average molecular weight is 403 g/mol.